The molecule has 1 atom stereocenters. The Balaban J connectivity index is 1.94. The van der Waals surface area contributed by atoms with Gasteiger partial charge in [0.05, 0.1) is 0 Å². The largest absolute Gasteiger partial charge is 0.314 e. The molecule has 122 valence electrons. The average Bonchev–Trinajstić information content (AvgIpc) is 2.55. The van der Waals surface area contributed by atoms with Crippen LogP contribution in [0.2, 0.25) is 0 Å². The van der Waals surface area contributed by atoms with E-state index < -0.39 is 17.5 Å². The molecule has 22 heavy (non-hydrogen) atoms. The van der Waals surface area contributed by atoms with Gasteiger partial charge in [-0.05, 0) is 24.8 Å². The van der Waals surface area contributed by atoms with Gasteiger partial charge in [0.1, 0.15) is 5.82 Å². The first kappa shape index (κ1) is 15.8. The maximum absolute atomic E-state index is 14.3. The topological polar surface area (TPSA) is 15.3 Å². The molecular weight excluding hydrogens is 289 g/mol. The molecule has 1 aromatic carbocycles. The highest BCUT2D eigenvalue weighted by atomic mass is 19.2. The Morgan fingerprint density at radius 3 is 2.23 bits per heavy atom. The van der Waals surface area contributed by atoms with Crippen LogP contribution in [0.4, 0.5) is 13.2 Å². The van der Waals surface area contributed by atoms with E-state index in [1.54, 1.807) is 0 Å². The number of nitrogens with one attached hydrogen (secondary N) is 1. The number of hydrogen-bond donors (Lipinski definition) is 1. The van der Waals surface area contributed by atoms with Crippen LogP contribution < -0.4 is 5.32 Å². The van der Waals surface area contributed by atoms with Crippen molar-refractivity contribution in [2.75, 3.05) is 26.2 Å². The quantitative estimate of drug-likeness (QED) is 0.858. The third-order valence-electron chi connectivity index (χ3n) is 5.00. The molecule has 2 nitrogen and oxygen atoms in total. The Labute approximate surface area is 129 Å². The zero-order valence-corrected chi connectivity index (χ0v) is 12.8. The second-order valence-electron chi connectivity index (χ2n) is 6.42. The molecule has 1 saturated heterocycles. The van der Waals surface area contributed by atoms with Crippen molar-refractivity contribution in [3.63, 3.8) is 0 Å². The van der Waals surface area contributed by atoms with E-state index in [0.717, 1.165) is 57.9 Å². The van der Waals surface area contributed by atoms with Crippen LogP contribution in [0, 0.1) is 23.4 Å². The van der Waals surface area contributed by atoms with Crippen LogP contribution >= 0.6 is 0 Å². The summed E-state index contributed by atoms with van der Waals surface area (Å²) in [6.07, 6.45) is 5.56. The molecule has 0 spiro atoms. The van der Waals surface area contributed by atoms with E-state index in [0.29, 0.717) is 17.5 Å². The number of halogens is 3. The van der Waals surface area contributed by atoms with Crippen molar-refractivity contribution in [2.24, 2.45) is 5.92 Å². The zero-order valence-electron chi connectivity index (χ0n) is 12.8. The molecule has 0 amide bonds. The summed E-state index contributed by atoms with van der Waals surface area (Å²) in [5.74, 6) is -2.35. The average molecular weight is 312 g/mol. The predicted molar refractivity (Wildman–Crippen MR) is 80.1 cm³/mol. The smallest absolute Gasteiger partial charge is 0.161 e. The fraction of sp³-hybridized carbons (Fsp3) is 0.647. The number of benzene rings is 1. The van der Waals surface area contributed by atoms with Crippen LogP contribution in [0.15, 0.2) is 12.1 Å². The second kappa shape index (κ2) is 7.01. The number of rotatable bonds is 3. The van der Waals surface area contributed by atoms with Crippen molar-refractivity contribution in [1.82, 2.24) is 10.2 Å². The first-order chi connectivity index (χ1) is 10.7. The summed E-state index contributed by atoms with van der Waals surface area (Å²) >= 11 is 0. The Morgan fingerprint density at radius 1 is 0.909 bits per heavy atom. The Bertz CT molecular complexity index is 491. The molecular formula is C17H23F3N2. The molecule has 2 aliphatic rings. The van der Waals surface area contributed by atoms with Crippen LogP contribution in [0.1, 0.15) is 43.7 Å². The van der Waals surface area contributed by atoms with Gasteiger partial charge in [-0.2, -0.15) is 0 Å². The summed E-state index contributed by atoms with van der Waals surface area (Å²) in [5, 5.41) is 3.29. The first-order valence-corrected chi connectivity index (χ1v) is 8.26. The summed E-state index contributed by atoms with van der Waals surface area (Å²) in [6, 6.07) is 1.63. The minimum Gasteiger partial charge on any atom is -0.314 e. The fourth-order valence-corrected chi connectivity index (χ4v) is 3.92. The Kier molecular flexibility index (Phi) is 5.03. The van der Waals surface area contributed by atoms with E-state index in [9.17, 15) is 13.2 Å². The minimum absolute atomic E-state index is 0.141. The lowest BCUT2D eigenvalue weighted by atomic mass is 9.80. The molecule has 0 radical (unpaired) electrons. The van der Waals surface area contributed by atoms with Crippen molar-refractivity contribution in [3.8, 4) is 0 Å². The molecule has 5 heteroatoms. The maximum atomic E-state index is 14.3. The van der Waals surface area contributed by atoms with Gasteiger partial charge in [0.2, 0.25) is 0 Å². The Morgan fingerprint density at radius 2 is 1.55 bits per heavy atom. The Hall–Kier alpha value is -1.07. The van der Waals surface area contributed by atoms with Gasteiger partial charge in [-0.1, -0.05) is 19.3 Å². The number of nitrogens with zero attached hydrogens (tertiary/aromatic N) is 1. The number of hydrogen-bond acceptors (Lipinski definition) is 2. The summed E-state index contributed by atoms with van der Waals surface area (Å²) in [6.45, 7) is 3.35. The lowest BCUT2D eigenvalue weighted by Crippen LogP contribution is -2.47. The van der Waals surface area contributed by atoms with Crippen molar-refractivity contribution in [2.45, 2.75) is 38.1 Å². The summed E-state index contributed by atoms with van der Waals surface area (Å²) in [5.41, 5.74) is 0.327. The van der Waals surface area contributed by atoms with Gasteiger partial charge in [-0.15, -0.1) is 0 Å². The van der Waals surface area contributed by atoms with Gasteiger partial charge in [0.25, 0.3) is 0 Å². The summed E-state index contributed by atoms with van der Waals surface area (Å²) < 4.78 is 41.3. The molecule has 0 aromatic heterocycles. The van der Waals surface area contributed by atoms with Gasteiger partial charge in [0, 0.05) is 43.9 Å². The molecule has 0 bridgehead atoms. The third kappa shape index (κ3) is 3.30. The lowest BCUT2D eigenvalue weighted by Gasteiger charge is -2.41. The fourth-order valence-electron chi connectivity index (χ4n) is 3.92. The van der Waals surface area contributed by atoms with Crippen LogP contribution in [-0.4, -0.2) is 31.1 Å². The molecule has 1 saturated carbocycles. The van der Waals surface area contributed by atoms with Crippen molar-refractivity contribution < 1.29 is 13.2 Å². The lowest BCUT2D eigenvalue weighted by molar-refractivity contribution is 0.100. The van der Waals surface area contributed by atoms with Crippen LogP contribution in [0.25, 0.3) is 0 Å². The van der Waals surface area contributed by atoms with Crippen LogP contribution in [0.5, 0.6) is 0 Å². The highest BCUT2D eigenvalue weighted by Gasteiger charge is 2.33. The monoisotopic (exact) mass is 312 g/mol. The zero-order chi connectivity index (χ0) is 15.5. The van der Waals surface area contributed by atoms with Gasteiger partial charge in [0.15, 0.2) is 11.6 Å². The van der Waals surface area contributed by atoms with E-state index in [4.69, 9.17) is 0 Å². The van der Waals surface area contributed by atoms with Gasteiger partial charge < -0.3 is 5.32 Å². The molecule has 2 fully saturated rings. The first-order valence-electron chi connectivity index (χ1n) is 8.26. The molecule has 1 aromatic rings. The molecule has 1 aliphatic heterocycles. The van der Waals surface area contributed by atoms with Gasteiger partial charge >= 0.3 is 0 Å². The molecule has 1 N–H and O–H groups in total. The van der Waals surface area contributed by atoms with Crippen LogP contribution in [0.3, 0.4) is 0 Å². The predicted octanol–water partition coefficient (Wildman–Crippen LogP) is 3.63. The van der Waals surface area contributed by atoms with E-state index in [2.05, 4.69) is 10.2 Å². The summed E-state index contributed by atoms with van der Waals surface area (Å²) in [4.78, 5) is 2.24. The van der Waals surface area contributed by atoms with E-state index in [-0.39, 0.29) is 6.04 Å². The van der Waals surface area contributed by atoms with Crippen molar-refractivity contribution >= 4 is 0 Å². The standard InChI is InChI=1S/C17H23F3N2/c18-14-11-16(20)15(19)10-13(14)17(12-4-2-1-3-5-12)22-8-6-21-7-9-22/h10-12,17,21H,1-9H2/t17-/m0/s1. The molecule has 1 heterocycles. The SMILES string of the molecule is Fc1cc(F)c([C@H](C2CCCCC2)N2CCNCC2)cc1F. The van der Waals surface area contributed by atoms with E-state index in [1.807, 2.05) is 0 Å². The summed E-state index contributed by atoms with van der Waals surface area (Å²) in [7, 11) is 0. The number of piperazine rings is 1. The van der Waals surface area contributed by atoms with E-state index in [1.165, 1.54) is 6.42 Å². The minimum atomic E-state index is -1.11. The maximum Gasteiger partial charge on any atom is 0.161 e. The highest BCUT2D eigenvalue weighted by molar-refractivity contribution is 5.24. The van der Waals surface area contributed by atoms with Crippen molar-refractivity contribution in [3.05, 3.63) is 35.1 Å². The van der Waals surface area contributed by atoms with E-state index >= 15 is 0 Å². The van der Waals surface area contributed by atoms with Gasteiger partial charge in [-0.25, -0.2) is 13.2 Å². The highest BCUT2D eigenvalue weighted by Crippen LogP contribution is 2.39. The van der Waals surface area contributed by atoms with Gasteiger partial charge in [-0.3, -0.25) is 4.90 Å². The normalized spacial score (nSPS) is 22.7. The second-order valence-corrected chi connectivity index (χ2v) is 6.42. The third-order valence-corrected chi connectivity index (χ3v) is 5.00. The molecule has 1 aliphatic carbocycles. The van der Waals surface area contributed by atoms with Crippen LogP contribution in [-0.2, 0) is 0 Å². The molecule has 3 rings (SSSR count). The molecule has 0 unspecified atom stereocenters. The van der Waals surface area contributed by atoms with Crippen molar-refractivity contribution in [1.29, 1.82) is 0 Å².